The molecule has 0 bridgehead atoms. The molecular formula is C25H41N3O5. The van der Waals surface area contributed by atoms with Gasteiger partial charge in [0, 0.05) is 17.6 Å². The van der Waals surface area contributed by atoms with Crippen LogP contribution in [0.1, 0.15) is 86.3 Å². The molecule has 0 saturated carbocycles. The third-order valence-electron chi connectivity index (χ3n) is 5.43. The van der Waals surface area contributed by atoms with Crippen molar-refractivity contribution >= 4 is 17.9 Å². The van der Waals surface area contributed by atoms with Crippen LogP contribution in [0, 0.1) is 0 Å². The first kappa shape index (κ1) is 28.3. The Hall–Kier alpha value is -2.77. The van der Waals surface area contributed by atoms with Gasteiger partial charge in [-0.05, 0) is 60.5 Å². The number of phenols is 1. The van der Waals surface area contributed by atoms with Gasteiger partial charge in [0.1, 0.15) is 23.4 Å². The van der Waals surface area contributed by atoms with Gasteiger partial charge < -0.3 is 25.4 Å². The molecule has 0 heterocycles. The molecule has 2 atom stereocenters. The second-order valence-corrected chi connectivity index (χ2v) is 9.85. The molecule has 0 aliphatic heterocycles. The first-order chi connectivity index (χ1) is 15.2. The topological polar surface area (TPSA) is 108 Å². The van der Waals surface area contributed by atoms with Crippen LogP contribution >= 0.6 is 0 Å². The highest BCUT2D eigenvalue weighted by atomic mass is 16.6. The summed E-state index contributed by atoms with van der Waals surface area (Å²) in [7, 11) is 0. The summed E-state index contributed by atoms with van der Waals surface area (Å²) in [6, 6.07) is 4.47. The maximum atomic E-state index is 13.7. The third-order valence-corrected chi connectivity index (χ3v) is 5.43. The van der Waals surface area contributed by atoms with Crippen LogP contribution in [0.15, 0.2) is 24.3 Å². The van der Waals surface area contributed by atoms with E-state index in [9.17, 15) is 19.5 Å². The predicted octanol–water partition coefficient (Wildman–Crippen LogP) is 4.28. The smallest absolute Gasteiger partial charge is 0.408 e. The SMILES string of the molecule is CCCCNC(=O)C(c1ccccc1O)N(C(=O)C(C)NC(=O)OC(C)(C)C)C(C)(C)CC. The van der Waals surface area contributed by atoms with Crippen LogP contribution < -0.4 is 10.6 Å². The van der Waals surface area contributed by atoms with E-state index in [1.54, 1.807) is 45.9 Å². The van der Waals surface area contributed by atoms with Gasteiger partial charge in [0.05, 0.1) is 0 Å². The van der Waals surface area contributed by atoms with Crippen LogP contribution in [0.5, 0.6) is 5.75 Å². The molecule has 186 valence electrons. The molecule has 8 heteroatoms. The minimum absolute atomic E-state index is 0.0781. The van der Waals surface area contributed by atoms with Gasteiger partial charge in [-0.25, -0.2) is 4.79 Å². The van der Waals surface area contributed by atoms with E-state index in [-0.39, 0.29) is 11.7 Å². The number of para-hydroxylation sites is 1. The van der Waals surface area contributed by atoms with E-state index in [1.165, 1.54) is 11.0 Å². The molecule has 0 fully saturated rings. The van der Waals surface area contributed by atoms with Crippen LogP contribution in [0.3, 0.4) is 0 Å². The van der Waals surface area contributed by atoms with Gasteiger partial charge >= 0.3 is 6.09 Å². The standard InChI is InChI=1S/C25H41N3O5/c1-9-11-16-26-21(30)20(18-14-12-13-15-19(18)29)28(25(7,8)10-2)22(31)17(3)27-23(32)33-24(4,5)6/h12-15,17,20,29H,9-11,16H2,1-8H3,(H,26,30)(H,27,32). The number of hydrogen-bond donors (Lipinski definition) is 3. The number of nitrogens with one attached hydrogen (secondary N) is 2. The number of ether oxygens (including phenoxy) is 1. The maximum Gasteiger partial charge on any atom is 0.408 e. The molecule has 0 aliphatic rings. The van der Waals surface area contributed by atoms with Crippen LogP contribution in [-0.4, -0.2) is 51.6 Å². The number of alkyl carbamates (subject to hydrolysis) is 1. The number of unbranched alkanes of at least 4 members (excludes halogenated alkanes) is 1. The van der Waals surface area contributed by atoms with Crippen molar-refractivity contribution in [1.29, 1.82) is 0 Å². The second-order valence-electron chi connectivity index (χ2n) is 9.85. The number of amides is 3. The predicted molar refractivity (Wildman–Crippen MR) is 129 cm³/mol. The quantitative estimate of drug-likeness (QED) is 0.449. The van der Waals surface area contributed by atoms with Gasteiger partial charge in [-0.3, -0.25) is 9.59 Å². The van der Waals surface area contributed by atoms with E-state index >= 15 is 0 Å². The van der Waals surface area contributed by atoms with E-state index < -0.39 is 35.2 Å². The molecule has 1 rings (SSSR count). The van der Waals surface area contributed by atoms with Crippen LogP contribution in [0.4, 0.5) is 4.79 Å². The largest absolute Gasteiger partial charge is 0.508 e. The van der Waals surface area contributed by atoms with Crippen molar-refractivity contribution in [3.63, 3.8) is 0 Å². The molecule has 2 unspecified atom stereocenters. The number of benzene rings is 1. The zero-order chi connectivity index (χ0) is 25.4. The summed E-state index contributed by atoms with van der Waals surface area (Å²) in [4.78, 5) is 40.8. The molecule has 0 radical (unpaired) electrons. The zero-order valence-electron chi connectivity index (χ0n) is 21.3. The Morgan fingerprint density at radius 2 is 1.70 bits per heavy atom. The van der Waals surface area contributed by atoms with Gasteiger partial charge in [0.25, 0.3) is 0 Å². The highest BCUT2D eigenvalue weighted by Gasteiger charge is 2.42. The van der Waals surface area contributed by atoms with E-state index in [1.807, 2.05) is 27.7 Å². The van der Waals surface area contributed by atoms with E-state index in [0.717, 1.165) is 12.8 Å². The normalized spacial score (nSPS) is 13.6. The van der Waals surface area contributed by atoms with Gasteiger partial charge in [0.15, 0.2) is 0 Å². The van der Waals surface area contributed by atoms with Crippen molar-refractivity contribution in [3.05, 3.63) is 29.8 Å². The Morgan fingerprint density at radius 3 is 2.21 bits per heavy atom. The van der Waals surface area contributed by atoms with Gasteiger partial charge in [-0.1, -0.05) is 38.5 Å². The number of rotatable bonds is 10. The second kappa shape index (κ2) is 11.9. The Balaban J connectivity index is 3.42. The molecule has 1 aromatic carbocycles. The van der Waals surface area contributed by atoms with Crippen molar-refractivity contribution in [1.82, 2.24) is 15.5 Å². The lowest BCUT2D eigenvalue weighted by Crippen LogP contribution is -2.58. The molecule has 3 amide bonds. The lowest BCUT2D eigenvalue weighted by molar-refractivity contribution is -0.149. The first-order valence-electron chi connectivity index (χ1n) is 11.6. The van der Waals surface area contributed by atoms with Gasteiger partial charge in [0.2, 0.25) is 11.8 Å². The highest BCUT2D eigenvalue weighted by molar-refractivity contribution is 5.92. The number of aromatic hydroxyl groups is 1. The first-order valence-corrected chi connectivity index (χ1v) is 11.6. The molecule has 0 aromatic heterocycles. The Morgan fingerprint density at radius 1 is 1.09 bits per heavy atom. The highest BCUT2D eigenvalue weighted by Crippen LogP contribution is 2.35. The van der Waals surface area contributed by atoms with E-state index in [0.29, 0.717) is 18.5 Å². The van der Waals surface area contributed by atoms with Crippen molar-refractivity contribution in [2.75, 3.05) is 6.54 Å². The summed E-state index contributed by atoms with van der Waals surface area (Å²) < 4.78 is 5.29. The Bertz CT molecular complexity index is 817. The minimum atomic E-state index is -1.08. The van der Waals surface area contributed by atoms with Crippen molar-refractivity contribution in [2.45, 2.75) is 97.9 Å². The molecule has 0 spiro atoms. The number of carbonyl (C=O) groups is 3. The Labute approximate surface area is 198 Å². The number of carbonyl (C=O) groups excluding carboxylic acids is 3. The van der Waals surface area contributed by atoms with Gasteiger partial charge in [-0.15, -0.1) is 0 Å². The van der Waals surface area contributed by atoms with Gasteiger partial charge in [-0.2, -0.15) is 0 Å². The number of nitrogens with zero attached hydrogens (tertiary/aromatic N) is 1. The summed E-state index contributed by atoms with van der Waals surface area (Å²) >= 11 is 0. The van der Waals surface area contributed by atoms with E-state index in [4.69, 9.17) is 4.74 Å². The summed E-state index contributed by atoms with van der Waals surface area (Å²) in [5.41, 5.74) is -1.14. The van der Waals surface area contributed by atoms with E-state index in [2.05, 4.69) is 10.6 Å². The molecule has 3 N–H and O–H groups in total. The average molecular weight is 464 g/mol. The molecule has 33 heavy (non-hydrogen) atoms. The van der Waals surface area contributed by atoms with Crippen molar-refractivity contribution < 1.29 is 24.2 Å². The fourth-order valence-corrected chi connectivity index (χ4v) is 3.30. The molecule has 1 aromatic rings. The fourth-order valence-electron chi connectivity index (χ4n) is 3.30. The summed E-state index contributed by atoms with van der Waals surface area (Å²) in [6.45, 7) is 14.9. The summed E-state index contributed by atoms with van der Waals surface area (Å²) in [5.74, 6) is -0.915. The molecular weight excluding hydrogens is 422 g/mol. The lowest BCUT2D eigenvalue weighted by Gasteiger charge is -2.44. The fraction of sp³-hybridized carbons (Fsp3) is 0.640. The summed E-state index contributed by atoms with van der Waals surface area (Å²) in [6.07, 6.45) is 1.52. The lowest BCUT2D eigenvalue weighted by atomic mass is 9.91. The minimum Gasteiger partial charge on any atom is -0.508 e. The molecule has 0 saturated heterocycles. The number of hydrogen-bond acceptors (Lipinski definition) is 5. The van der Waals surface area contributed by atoms with Crippen LogP contribution in [0.2, 0.25) is 0 Å². The Kier molecular flexibility index (Phi) is 10.2. The molecule has 0 aliphatic carbocycles. The molecule has 8 nitrogen and oxygen atoms in total. The average Bonchev–Trinajstić information content (AvgIpc) is 2.70. The van der Waals surface area contributed by atoms with Crippen molar-refractivity contribution in [2.24, 2.45) is 0 Å². The monoisotopic (exact) mass is 463 g/mol. The van der Waals surface area contributed by atoms with Crippen molar-refractivity contribution in [3.8, 4) is 5.75 Å². The van der Waals surface area contributed by atoms with Crippen LogP contribution in [0.25, 0.3) is 0 Å². The number of phenolic OH excluding ortho intramolecular Hbond substituents is 1. The maximum absolute atomic E-state index is 13.7. The van der Waals surface area contributed by atoms with Crippen LogP contribution in [-0.2, 0) is 14.3 Å². The zero-order valence-corrected chi connectivity index (χ0v) is 21.3. The third kappa shape index (κ3) is 8.26. The summed E-state index contributed by atoms with van der Waals surface area (Å²) in [5, 5.41) is 16.0.